The zero-order chi connectivity index (χ0) is 19.0. The third-order valence-corrected chi connectivity index (χ3v) is 6.53. The summed E-state index contributed by atoms with van der Waals surface area (Å²) in [4.78, 5) is 38.6. The Hall–Kier alpha value is -2.37. The molecule has 2 amide bonds. The third-order valence-electron chi connectivity index (χ3n) is 6.53. The molecule has 2 aliphatic carbocycles. The van der Waals surface area contributed by atoms with Crippen molar-refractivity contribution in [3.8, 4) is 0 Å². The summed E-state index contributed by atoms with van der Waals surface area (Å²) in [6.07, 6.45) is 5.85. The fourth-order valence-electron chi connectivity index (χ4n) is 5.21. The molecule has 144 valence electrons. The molecule has 0 unspecified atom stereocenters. The van der Waals surface area contributed by atoms with Gasteiger partial charge in [0.25, 0.3) is 5.91 Å². The van der Waals surface area contributed by atoms with Crippen LogP contribution >= 0.6 is 0 Å². The maximum absolute atomic E-state index is 12.7. The summed E-state index contributed by atoms with van der Waals surface area (Å²) in [5.74, 6) is -2.31. The van der Waals surface area contributed by atoms with E-state index in [9.17, 15) is 19.5 Å². The number of hydrogen-bond acceptors (Lipinski definition) is 4. The van der Waals surface area contributed by atoms with Crippen molar-refractivity contribution in [2.75, 3.05) is 18.4 Å². The van der Waals surface area contributed by atoms with E-state index in [1.807, 2.05) is 4.90 Å². The van der Waals surface area contributed by atoms with Crippen LogP contribution < -0.4 is 10.4 Å². The Morgan fingerprint density at radius 2 is 1.56 bits per heavy atom. The van der Waals surface area contributed by atoms with E-state index in [-0.39, 0.29) is 23.7 Å². The van der Waals surface area contributed by atoms with Crippen molar-refractivity contribution in [2.24, 2.45) is 23.7 Å². The fraction of sp³-hybridized carbons (Fsp3) is 0.571. The molecule has 4 atom stereocenters. The van der Waals surface area contributed by atoms with Crippen LogP contribution in [-0.2, 0) is 9.59 Å². The van der Waals surface area contributed by atoms with Gasteiger partial charge in [-0.25, -0.2) is 0 Å². The first-order valence-electron chi connectivity index (χ1n) is 9.95. The van der Waals surface area contributed by atoms with Crippen molar-refractivity contribution in [3.63, 3.8) is 0 Å². The highest BCUT2D eigenvalue weighted by Crippen LogP contribution is 2.52. The average molecular weight is 369 g/mol. The molecule has 0 aromatic heterocycles. The Balaban J connectivity index is 1.41. The minimum absolute atomic E-state index is 0.0256. The third kappa shape index (κ3) is 3.45. The monoisotopic (exact) mass is 369 g/mol. The number of anilines is 1. The number of carboxylic acid groups (broad SMARTS) is 1. The predicted molar refractivity (Wildman–Crippen MR) is 97.6 cm³/mol. The van der Waals surface area contributed by atoms with E-state index in [1.54, 1.807) is 24.3 Å². The van der Waals surface area contributed by atoms with Gasteiger partial charge in [-0.1, -0.05) is 0 Å². The number of amides is 2. The van der Waals surface area contributed by atoms with Crippen LogP contribution in [0.1, 0.15) is 48.9 Å². The van der Waals surface area contributed by atoms with Gasteiger partial charge in [-0.2, -0.15) is 0 Å². The van der Waals surface area contributed by atoms with Crippen LogP contribution in [0.15, 0.2) is 24.3 Å². The van der Waals surface area contributed by atoms with Gasteiger partial charge >= 0.3 is 0 Å². The number of likely N-dealkylation sites (tertiary alicyclic amines) is 1. The summed E-state index contributed by atoms with van der Waals surface area (Å²) < 4.78 is 0. The number of rotatable bonds is 4. The highest BCUT2D eigenvalue weighted by molar-refractivity contribution is 5.97. The smallest absolute Gasteiger partial charge is 0.253 e. The number of fused-ring (bicyclic) bond motifs is 2. The lowest BCUT2D eigenvalue weighted by Gasteiger charge is -2.30. The molecule has 3 aliphatic rings. The Labute approximate surface area is 158 Å². The van der Waals surface area contributed by atoms with Crippen LogP contribution in [0.2, 0.25) is 0 Å². The zero-order valence-corrected chi connectivity index (χ0v) is 15.4. The van der Waals surface area contributed by atoms with Gasteiger partial charge in [0.05, 0.1) is 0 Å². The van der Waals surface area contributed by atoms with Crippen LogP contribution in [0.5, 0.6) is 0 Å². The van der Waals surface area contributed by atoms with Crippen LogP contribution in [0, 0.1) is 23.7 Å². The molecule has 1 aliphatic heterocycles. The first-order valence-corrected chi connectivity index (χ1v) is 9.95. The lowest BCUT2D eigenvalue weighted by Crippen LogP contribution is -2.43. The number of nitrogens with one attached hydrogen (secondary N) is 1. The van der Waals surface area contributed by atoms with Gasteiger partial charge in [-0.15, -0.1) is 0 Å². The summed E-state index contributed by atoms with van der Waals surface area (Å²) in [7, 11) is 0. The largest absolute Gasteiger partial charge is 0.550 e. The molecule has 6 heteroatoms. The SMILES string of the molecule is O=C(Nc1ccc(C(=O)N2CCCCC2)cc1)[C@@H]1[C@H]2CC[C@@H](C2)[C@@H]1C(=O)[O-]. The molecule has 6 nitrogen and oxygen atoms in total. The minimum Gasteiger partial charge on any atom is -0.550 e. The summed E-state index contributed by atoms with van der Waals surface area (Å²) >= 11 is 0. The summed E-state index contributed by atoms with van der Waals surface area (Å²) in [6, 6.07) is 6.89. The van der Waals surface area contributed by atoms with Crippen molar-refractivity contribution in [2.45, 2.75) is 38.5 Å². The van der Waals surface area contributed by atoms with E-state index in [0.29, 0.717) is 11.3 Å². The van der Waals surface area contributed by atoms with E-state index in [4.69, 9.17) is 0 Å². The second-order valence-electron chi connectivity index (χ2n) is 8.12. The highest BCUT2D eigenvalue weighted by Gasteiger charge is 2.51. The Bertz CT molecular complexity index is 739. The molecule has 1 N–H and O–H groups in total. The normalized spacial score (nSPS) is 29.6. The van der Waals surface area contributed by atoms with E-state index >= 15 is 0 Å². The van der Waals surface area contributed by atoms with E-state index in [2.05, 4.69) is 5.32 Å². The molecule has 1 aromatic rings. The first-order chi connectivity index (χ1) is 13.0. The molecular formula is C21H25N2O4-. The number of carbonyl (C=O) groups excluding carboxylic acids is 3. The molecule has 3 fully saturated rings. The van der Waals surface area contributed by atoms with Crippen molar-refractivity contribution < 1.29 is 19.5 Å². The number of aliphatic carboxylic acids is 1. The number of carbonyl (C=O) groups is 3. The first kappa shape index (κ1) is 18.0. The summed E-state index contributed by atoms with van der Waals surface area (Å²) in [5.41, 5.74) is 1.21. The molecule has 0 spiro atoms. The van der Waals surface area contributed by atoms with Crippen LogP contribution in [0.3, 0.4) is 0 Å². The van der Waals surface area contributed by atoms with Gasteiger partial charge in [0.15, 0.2) is 0 Å². The number of carboxylic acids is 1. The van der Waals surface area contributed by atoms with Crippen molar-refractivity contribution in [1.29, 1.82) is 0 Å². The molecule has 4 rings (SSSR count). The Kier molecular flexibility index (Phi) is 4.89. The molecule has 2 saturated carbocycles. The quantitative estimate of drug-likeness (QED) is 0.874. The molecule has 1 aromatic carbocycles. The number of hydrogen-bond donors (Lipinski definition) is 1. The molecule has 1 saturated heterocycles. The maximum atomic E-state index is 12.7. The van der Waals surface area contributed by atoms with Crippen LogP contribution in [0.4, 0.5) is 5.69 Å². The molecule has 2 bridgehead atoms. The van der Waals surface area contributed by atoms with Gasteiger partial charge in [-0.05, 0) is 74.6 Å². The Morgan fingerprint density at radius 3 is 2.19 bits per heavy atom. The Morgan fingerprint density at radius 1 is 0.926 bits per heavy atom. The van der Waals surface area contributed by atoms with Crippen molar-refractivity contribution >= 4 is 23.5 Å². The summed E-state index contributed by atoms with van der Waals surface area (Å²) in [6.45, 7) is 1.60. The van der Waals surface area contributed by atoms with Gasteiger partial charge in [0.2, 0.25) is 5.91 Å². The summed E-state index contributed by atoms with van der Waals surface area (Å²) in [5, 5.41) is 14.3. The van der Waals surface area contributed by atoms with Crippen LogP contribution in [0.25, 0.3) is 0 Å². The average Bonchev–Trinajstić information content (AvgIpc) is 3.30. The number of benzene rings is 1. The minimum atomic E-state index is -1.11. The van der Waals surface area contributed by atoms with Gasteiger partial charge in [0, 0.05) is 42.1 Å². The lowest BCUT2D eigenvalue weighted by molar-refractivity contribution is -0.314. The predicted octanol–water partition coefficient (Wildman–Crippen LogP) is 1.66. The highest BCUT2D eigenvalue weighted by atomic mass is 16.4. The van der Waals surface area contributed by atoms with Crippen molar-refractivity contribution in [3.05, 3.63) is 29.8 Å². The zero-order valence-electron chi connectivity index (χ0n) is 15.4. The van der Waals surface area contributed by atoms with Crippen LogP contribution in [-0.4, -0.2) is 35.8 Å². The number of piperidine rings is 1. The van der Waals surface area contributed by atoms with E-state index in [0.717, 1.165) is 45.2 Å². The van der Waals surface area contributed by atoms with E-state index in [1.165, 1.54) is 6.42 Å². The second kappa shape index (κ2) is 7.33. The van der Waals surface area contributed by atoms with Crippen molar-refractivity contribution in [1.82, 2.24) is 4.90 Å². The molecular weight excluding hydrogens is 344 g/mol. The van der Waals surface area contributed by atoms with Gasteiger partial charge in [0.1, 0.15) is 0 Å². The standard InChI is InChI=1S/C21H26N2O4/c24-19(17-14-4-5-15(12-14)18(17)21(26)27)22-16-8-6-13(7-9-16)20(25)23-10-2-1-3-11-23/h6-9,14-15,17-18H,1-5,10-12H2,(H,22,24)(H,26,27)/p-1/t14-,15-,17+,18-/m0/s1. The van der Waals surface area contributed by atoms with E-state index < -0.39 is 17.8 Å². The molecule has 1 heterocycles. The second-order valence-corrected chi connectivity index (χ2v) is 8.12. The topological polar surface area (TPSA) is 89.5 Å². The molecule has 27 heavy (non-hydrogen) atoms. The number of nitrogens with zero attached hydrogens (tertiary/aromatic N) is 1. The van der Waals surface area contributed by atoms with Gasteiger partial charge in [-0.3, -0.25) is 9.59 Å². The molecule has 0 radical (unpaired) electrons. The lowest BCUT2D eigenvalue weighted by atomic mass is 9.78. The van der Waals surface area contributed by atoms with Gasteiger partial charge < -0.3 is 20.1 Å². The maximum Gasteiger partial charge on any atom is 0.253 e. The fourth-order valence-corrected chi connectivity index (χ4v) is 5.21.